The molecule has 2 aromatic rings. The number of carbonyl (C=O) groups excluding carboxylic acids is 1. The highest BCUT2D eigenvalue weighted by atomic mass is 19.1. The van der Waals surface area contributed by atoms with Crippen LogP contribution in [-0.4, -0.2) is 47.1 Å². The minimum Gasteiger partial charge on any atom is -0.378 e. The van der Waals surface area contributed by atoms with Crippen LogP contribution in [0.25, 0.3) is 0 Å². The number of rotatable bonds is 4. The monoisotopic (exact) mass is 330 g/mol. The Bertz CT molecular complexity index is 732. The van der Waals surface area contributed by atoms with E-state index in [2.05, 4.69) is 15.3 Å². The Labute approximate surface area is 139 Å². The summed E-state index contributed by atoms with van der Waals surface area (Å²) in [6, 6.07) is 8.16. The van der Waals surface area contributed by atoms with E-state index in [0.717, 1.165) is 0 Å². The zero-order valence-electron chi connectivity index (χ0n) is 13.5. The van der Waals surface area contributed by atoms with Gasteiger partial charge in [-0.15, -0.1) is 0 Å². The minimum absolute atomic E-state index is 0.141. The van der Waals surface area contributed by atoms with Gasteiger partial charge in [-0.25, -0.2) is 14.4 Å². The van der Waals surface area contributed by atoms with Crippen molar-refractivity contribution in [3.63, 3.8) is 0 Å². The maximum Gasteiger partial charge on any atom is 0.272 e. The summed E-state index contributed by atoms with van der Waals surface area (Å²) in [7, 11) is 0. The predicted molar refractivity (Wildman–Crippen MR) is 87.2 cm³/mol. The van der Waals surface area contributed by atoms with Crippen LogP contribution in [0.3, 0.4) is 0 Å². The van der Waals surface area contributed by atoms with E-state index >= 15 is 0 Å². The van der Waals surface area contributed by atoms with E-state index in [0.29, 0.717) is 49.2 Å². The normalized spacial score (nSPS) is 14.5. The average Bonchev–Trinajstić information content (AvgIpc) is 2.61. The Kier molecular flexibility index (Phi) is 5.00. The zero-order chi connectivity index (χ0) is 16.9. The third-order valence-electron chi connectivity index (χ3n) is 3.77. The standard InChI is InChI=1S/C17H19FN4O2/c1-12-10-15(16(23)22-6-8-24-9-7-22)21-17(20-12)19-11-13-4-2-3-5-14(13)18/h2-5,10H,6-9,11H2,1H3,(H,19,20,21). The third-order valence-corrected chi connectivity index (χ3v) is 3.77. The molecule has 24 heavy (non-hydrogen) atoms. The number of halogens is 1. The van der Waals surface area contributed by atoms with Crippen LogP contribution in [0.1, 0.15) is 21.7 Å². The van der Waals surface area contributed by atoms with Gasteiger partial charge < -0.3 is 15.0 Å². The number of carbonyl (C=O) groups is 1. The molecule has 1 aliphatic rings. The topological polar surface area (TPSA) is 67.4 Å². The molecule has 6 nitrogen and oxygen atoms in total. The molecule has 0 bridgehead atoms. The van der Waals surface area contributed by atoms with Gasteiger partial charge in [0, 0.05) is 30.9 Å². The number of morpholine rings is 1. The molecule has 2 heterocycles. The summed E-state index contributed by atoms with van der Waals surface area (Å²) in [5.41, 5.74) is 1.53. The first-order chi connectivity index (χ1) is 11.6. The van der Waals surface area contributed by atoms with Crippen molar-refractivity contribution >= 4 is 11.9 Å². The molecule has 0 aliphatic carbocycles. The Morgan fingerprint density at radius 2 is 2.04 bits per heavy atom. The van der Waals surface area contributed by atoms with Crippen molar-refractivity contribution < 1.29 is 13.9 Å². The van der Waals surface area contributed by atoms with Crippen molar-refractivity contribution in [2.45, 2.75) is 13.5 Å². The number of amides is 1. The molecule has 0 radical (unpaired) electrons. The first-order valence-electron chi connectivity index (χ1n) is 7.83. The fraction of sp³-hybridized carbons (Fsp3) is 0.353. The van der Waals surface area contributed by atoms with Crippen molar-refractivity contribution in [2.75, 3.05) is 31.6 Å². The lowest BCUT2D eigenvalue weighted by atomic mass is 10.2. The van der Waals surface area contributed by atoms with Gasteiger partial charge in [0.05, 0.1) is 13.2 Å². The Morgan fingerprint density at radius 1 is 1.29 bits per heavy atom. The molecule has 3 rings (SSSR count). The lowest BCUT2D eigenvalue weighted by Crippen LogP contribution is -2.41. The molecule has 1 amide bonds. The number of aryl methyl sites for hydroxylation is 1. The van der Waals surface area contributed by atoms with Crippen LogP contribution in [0.2, 0.25) is 0 Å². The summed E-state index contributed by atoms with van der Waals surface area (Å²) >= 11 is 0. The number of nitrogens with one attached hydrogen (secondary N) is 1. The number of benzene rings is 1. The number of anilines is 1. The summed E-state index contributed by atoms with van der Waals surface area (Å²) in [6.45, 7) is 4.23. The molecule has 1 saturated heterocycles. The second-order valence-electron chi connectivity index (χ2n) is 5.57. The van der Waals surface area contributed by atoms with E-state index in [9.17, 15) is 9.18 Å². The van der Waals surface area contributed by atoms with Crippen LogP contribution in [0.15, 0.2) is 30.3 Å². The number of nitrogens with zero attached hydrogens (tertiary/aromatic N) is 3. The number of hydrogen-bond donors (Lipinski definition) is 1. The Balaban J connectivity index is 1.73. The highest BCUT2D eigenvalue weighted by molar-refractivity contribution is 5.92. The first kappa shape index (κ1) is 16.3. The van der Waals surface area contributed by atoms with Gasteiger partial charge in [0.25, 0.3) is 5.91 Å². The number of hydrogen-bond acceptors (Lipinski definition) is 5. The molecule has 1 N–H and O–H groups in total. The first-order valence-corrected chi connectivity index (χ1v) is 7.83. The van der Waals surface area contributed by atoms with Crippen LogP contribution in [-0.2, 0) is 11.3 Å². The molecule has 0 spiro atoms. The maximum atomic E-state index is 13.7. The van der Waals surface area contributed by atoms with Gasteiger partial charge in [0.15, 0.2) is 0 Å². The van der Waals surface area contributed by atoms with Crippen LogP contribution in [0.4, 0.5) is 10.3 Å². The Morgan fingerprint density at radius 3 is 2.79 bits per heavy atom. The lowest BCUT2D eigenvalue weighted by Gasteiger charge is -2.26. The smallest absolute Gasteiger partial charge is 0.272 e. The van der Waals surface area contributed by atoms with E-state index in [1.807, 2.05) is 0 Å². The fourth-order valence-corrected chi connectivity index (χ4v) is 2.50. The molecule has 7 heteroatoms. The second-order valence-corrected chi connectivity index (χ2v) is 5.57. The van der Waals surface area contributed by atoms with Gasteiger partial charge in [0.2, 0.25) is 5.95 Å². The van der Waals surface area contributed by atoms with Crippen molar-refractivity contribution in [1.29, 1.82) is 0 Å². The molecule has 0 atom stereocenters. The third kappa shape index (κ3) is 3.86. The maximum absolute atomic E-state index is 13.7. The quantitative estimate of drug-likeness (QED) is 0.929. The largest absolute Gasteiger partial charge is 0.378 e. The van der Waals surface area contributed by atoms with Crippen molar-refractivity contribution in [2.24, 2.45) is 0 Å². The SMILES string of the molecule is Cc1cc(C(=O)N2CCOCC2)nc(NCc2ccccc2F)n1. The van der Waals surface area contributed by atoms with Crippen molar-refractivity contribution in [3.05, 3.63) is 53.1 Å². The second kappa shape index (κ2) is 7.35. The Hall–Kier alpha value is -2.54. The predicted octanol–water partition coefficient (Wildman–Crippen LogP) is 2.01. The summed E-state index contributed by atoms with van der Waals surface area (Å²) < 4.78 is 18.9. The van der Waals surface area contributed by atoms with Gasteiger partial charge in [0.1, 0.15) is 11.5 Å². The highest BCUT2D eigenvalue weighted by Crippen LogP contribution is 2.12. The average molecular weight is 330 g/mol. The molecule has 0 unspecified atom stereocenters. The van der Waals surface area contributed by atoms with Gasteiger partial charge >= 0.3 is 0 Å². The van der Waals surface area contributed by atoms with Crippen LogP contribution in [0.5, 0.6) is 0 Å². The molecule has 126 valence electrons. The van der Waals surface area contributed by atoms with Gasteiger partial charge in [-0.1, -0.05) is 18.2 Å². The van der Waals surface area contributed by atoms with E-state index in [1.165, 1.54) is 6.07 Å². The van der Waals surface area contributed by atoms with Gasteiger partial charge in [-0.2, -0.15) is 0 Å². The summed E-state index contributed by atoms with van der Waals surface area (Å²) in [4.78, 5) is 22.8. The fourth-order valence-electron chi connectivity index (χ4n) is 2.50. The molecule has 0 saturated carbocycles. The molecular formula is C17H19FN4O2. The van der Waals surface area contributed by atoms with Crippen LogP contribution >= 0.6 is 0 Å². The van der Waals surface area contributed by atoms with E-state index in [1.54, 1.807) is 36.1 Å². The molecular weight excluding hydrogens is 311 g/mol. The zero-order valence-corrected chi connectivity index (χ0v) is 13.5. The van der Waals surface area contributed by atoms with Crippen molar-refractivity contribution in [1.82, 2.24) is 14.9 Å². The number of ether oxygens (including phenoxy) is 1. The minimum atomic E-state index is -0.290. The highest BCUT2D eigenvalue weighted by Gasteiger charge is 2.20. The summed E-state index contributed by atoms with van der Waals surface area (Å²) in [5.74, 6) is -0.116. The summed E-state index contributed by atoms with van der Waals surface area (Å²) in [5, 5.41) is 2.98. The van der Waals surface area contributed by atoms with Crippen LogP contribution in [0, 0.1) is 12.7 Å². The molecule has 1 aromatic carbocycles. The van der Waals surface area contributed by atoms with Crippen LogP contribution < -0.4 is 5.32 Å². The lowest BCUT2D eigenvalue weighted by molar-refractivity contribution is 0.0299. The van der Waals surface area contributed by atoms with E-state index in [4.69, 9.17) is 4.74 Å². The van der Waals surface area contributed by atoms with Crippen molar-refractivity contribution in [3.8, 4) is 0 Å². The summed E-state index contributed by atoms with van der Waals surface area (Å²) in [6.07, 6.45) is 0. The molecule has 1 aliphatic heterocycles. The van der Waals surface area contributed by atoms with E-state index in [-0.39, 0.29) is 18.3 Å². The molecule has 1 aromatic heterocycles. The number of aromatic nitrogens is 2. The van der Waals surface area contributed by atoms with Gasteiger partial charge in [-0.05, 0) is 19.1 Å². The van der Waals surface area contributed by atoms with Gasteiger partial charge in [-0.3, -0.25) is 4.79 Å². The van der Waals surface area contributed by atoms with E-state index < -0.39 is 0 Å². The molecule has 1 fully saturated rings.